The molecule has 2 aromatic carbocycles. The quantitative estimate of drug-likeness (QED) is 0.549. The van der Waals surface area contributed by atoms with Gasteiger partial charge in [0.15, 0.2) is 16.6 Å². The number of oxazole rings is 1. The molecule has 1 aromatic heterocycles. The second-order valence-electron chi connectivity index (χ2n) is 8.59. The number of anilines is 2. The van der Waals surface area contributed by atoms with Crippen molar-refractivity contribution in [3.63, 3.8) is 0 Å². The number of nitrogens with zero attached hydrogens (tertiary/aromatic N) is 3. The molecule has 3 heterocycles. The number of carbonyl (C=O) groups excluding carboxylic acids is 3. The monoisotopic (exact) mass is 491 g/mol. The summed E-state index contributed by atoms with van der Waals surface area (Å²) < 4.78 is 5.50. The standard InChI is InChI=1S/C25H25N5O4S/c1-15-26-19-10-9-18(13-20(19)34-15)28-23(32)16-5-7-17(8-6-16)27-22(31)14-21-24(33)29-25(35-21)30-11-3-2-4-12-30/h5-10,13,21H,2-4,11-12,14H2,1H3,(H,27,31)(H,28,32). The summed E-state index contributed by atoms with van der Waals surface area (Å²) in [6.07, 6.45) is 3.45. The third kappa shape index (κ3) is 5.37. The molecule has 3 amide bonds. The van der Waals surface area contributed by atoms with Crippen LogP contribution in [0.5, 0.6) is 0 Å². The summed E-state index contributed by atoms with van der Waals surface area (Å²) in [4.78, 5) is 48.0. The Morgan fingerprint density at radius 3 is 2.57 bits per heavy atom. The van der Waals surface area contributed by atoms with Gasteiger partial charge in [-0.2, -0.15) is 4.99 Å². The van der Waals surface area contributed by atoms with Crippen LogP contribution in [-0.2, 0) is 9.59 Å². The van der Waals surface area contributed by atoms with E-state index in [4.69, 9.17) is 4.42 Å². The van der Waals surface area contributed by atoms with Gasteiger partial charge in [-0.3, -0.25) is 14.4 Å². The largest absolute Gasteiger partial charge is 0.441 e. The first kappa shape index (κ1) is 23.1. The molecular weight excluding hydrogens is 466 g/mol. The van der Waals surface area contributed by atoms with Crippen molar-refractivity contribution in [2.75, 3.05) is 23.7 Å². The number of hydrogen-bond donors (Lipinski definition) is 2. The van der Waals surface area contributed by atoms with E-state index in [-0.39, 0.29) is 24.1 Å². The predicted octanol–water partition coefficient (Wildman–Crippen LogP) is 4.20. The van der Waals surface area contributed by atoms with E-state index in [2.05, 4.69) is 25.5 Å². The SMILES string of the molecule is Cc1nc2ccc(NC(=O)c3ccc(NC(=O)CC4SC(N5CCCCC5)=NC4=O)cc3)cc2o1. The minimum Gasteiger partial charge on any atom is -0.441 e. The smallest absolute Gasteiger partial charge is 0.262 e. The van der Waals surface area contributed by atoms with Gasteiger partial charge in [0.2, 0.25) is 5.91 Å². The highest BCUT2D eigenvalue weighted by atomic mass is 32.2. The second-order valence-corrected chi connectivity index (χ2v) is 9.76. The maximum absolute atomic E-state index is 12.6. The van der Waals surface area contributed by atoms with Crippen molar-refractivity contribution in [2.45, 2.75) is 37.9 Å². The molecule has 5 rings (SSSR count). The molecule has 1 unspecified atom stereocenters. The van der Waals surface area contributed by atoms with Gasteiger partial charge in [0, 0.05) is 49.4 Å². The van der Waals surface area contributed by atoms with Crippen molar-refractivity contribution in [1.82, 2.24) is 9.88 Å². The number of amides is 3. The maximum atomic E-state index is 12.6. The lowest BCUT2D eigenvalue weighted by molar-refractivity contribution is -0.121. The zero-order valence-corrected chi connectivity index (χ0v) is 20.1. The van der Waals surface area contributed by atoms with Crippen LogP contribution in [0.15, 0.2) is 51.9 Å². The maximum Gasteiger partial charge on any atom is 0.262 e. The predicted molar refractivity (Wildman–Crippen MR) is 136 cm³/mol. The van der Waals surface area contributed by atoms with E-state index < -0.39 is 5.25 Å². The molecule has 1 saturated heterocycles. The van der Waals surface area contributed by atoms with Crippen LogP contribution in [0.4, 0.5) is 11.4 Å². The molecule has 0 bridgehead atoms. The number of aromatic nitrogens is 1. The lowest BCUT2D eigenvalue weighted by Crippen LogP contribution is -2.33. The summed E-state index contributed by atoms with van der Waals surface area (Å²) in [5.74, 6) is -0.240. The normalized spacial score (nSPS) is 18.0. The van der Waals surface area contributed by atoms with Crippen molar-refractivity contribution >= 4 is 57.1 Å². The van der Waals surface area contributed by atoms with Crippen LogP contribution in [-0.4, -0.2) is 51.1 Å². The molecule has 35 heavy (non-hydrogen) atoms. The Balaban J connectivity index is 1.14. The molecule has 0 radical (unpaired) electrons. The molecule has 1 atom stereocenters. The molecular formula is C25H25N5O4S. The van der Waals surface area contributed by atoms with Gasteiger partial charge in [-0.1, -0.05) is 11.8 Å². The molecule has 0 aliphatic carbocycles. The molecule has 9 nitrogen and oxygen atoms in total. The summed E-state index contributed by atoms with van der Waals surface area (Å²) in [6, 6.07) is 11.9. The van der Waals surface area contributed by atoms with E-state index in [1.54, 1.807) is 49.4 Å². The van der Waals surface area contributed by atoms with E-state index in [1.165, 1.54) is 18.2 Å². The van der Waals surface area contributed by atoms with E-state index in [0.717, 1.165) is 36.6 Å². The third-order valence-corrected chi connectivity index (χ3v) is 7.12. The highest BCUT2D eigenvalue weighted by molar-refractivity contribution is 8.15. The van der Waals surface area contributed by atoms with Gasteiger partial charge in [0.05, 0.1) is 0 Å². The molecule has 3 aromatic rings. The first-order chi connectivity index (χ1) is 16.9. The van der Waals surface area contributed by atoms with Gasteiger partial charge in [-0.15, -0.1) is 0 Å². The molecule has 2 N–H and O–H groups in total. The van der Waals surface area contributed by atoms with Gasteiger partial charge in [0.25, 0.3) is 11.8 Å². The highest BCUT2D eigenvalue weighted by Crippen LogP contribution is 2.29. The average molecular weight is 492 g/mol. The van der Waals surface area contributed by atoms with E-state index in [1.807, 2.05) is 0 Å². The van der Waals surface area contributed by atoms with Crippen molar-refractivity contribution in [2.24, 2.45) is 4.99 Å². The molecule has 0 saturated carbocycles. The van der Waals surface area contributed by atoms with Crippen molar-refractivity contribution < 1.29 is 18.8 Å². The summed E-state index contributed by atoms with van der Waals surface area (Å²) in [5.41, 5.74) is 2.93. The number of piperidine rings is 1. The Morgan fingerprint density at radius 2 is 1.80 bits per heavy atom. The molecule has 10 heteroatoms. The van der Waals surface area contributed by atoms with Crippen LogP contribution in [0.2, 0.25) is 0 Å². The Kier molecular flexibility index (Phi) is 6.54. The fourth-order valence-electron chi connectivity index (χ4n) is 4.14. The lowest BCUT2D eigenvalue weighted by Gasteiger charge is -2.27. The lowest BCUT2D eigenvalue weighted by atomic mass is 10.1. The summed E-state index contributed by atoms with van der Waals surface area (Å²) in [6.45, 7) is 3.59. The van der Waals surface area contributed by atoms with Crippen LogP contribution in [0.25, 0.3) is 11.1 Å². The number of rotatable bonds is 5. The minimum absolute atomic E-state index is 0.0518. The van der Waals surface area contributed by atoms with E-state index in [9.17, 15) is 14.4 Å². The number of nitrogens with one attached hydrogen (secondary N) is 2. The zero-order chi connectivity index (χ0) is 24.4. The summed E-state index contributed by atoms with van der Waals surface area (Å²) in [5, 5.41) is 5.87. The molecule has 2 aliphatic heterocycles. The summed E-state index contributed by atoms with van der Waals surface area (Å²) >= 11 is 1.38. The van der Waals surface area contributed by atoms with Crippen LogP contribution in [0.1, 0.15) is 41.9 Å². The van der Waals surface area contributed by atoms with Crippen LogP contribution in [0.3, 0.4) is 0 Å². The van der Waals surface area contributed by atoms with Crippen molar-refractivity contribution in [3.8, 4) is 0 Å². The number of fused-ring (bicyclic) bond motifs is 1. The molecule has 1 fully saturated rings. The number of amidine groups is 1. The van der Waals surface area contributed by atoms with Gasteiger partial charge < -0.3 is 20.0 Å². The Morgan fingerprint density at radius 1 is 1.06 bits per heavy atom. The number of carbonyl (C=O) groups is 3. The Bertz CT molecular complexity index is 1310. The number of benzene rings is 2. The number of aryl methyl sites for hydroxylation is 1. The van der Waals surface area contributed by atoms with Gasteiger partial charge >= 0.3 is 0 Å². The molecule has 0 spiro atoms. The number of aliphatic imine (C=N–C) groups is 1. The molecule has 180 valence electrons. The average Bonchev–Trinajstić information content (AvgIpc) is 3.41. The number of likely N-dealkylation sites (tertiary alicyclic amines) is 1. The highest BCUT2D eigenvalue weighted by Gasteiger charge is 2.33. The van der Waals surface area contributed by atoms with E-state index >= 15 is 0 Å². The van der Waals surface area contributed by atoms with Crippen LogP contribution in [0, 0.1) is 6.92 Å². The second kappa shape index (κ2) is 9.91. The topological polar surface area (TPSA) is 117 Å². The molecule has 2 aliphatic rings. The van der Waals surface area contributed by atoms with E-state index in [0.29, 0.717) is 28.4 Å². The first-order valence-electron chi connectivity index (χ1n) is 11.6. The van der Waals surface area contributed by atoms with Gasteiger partial charge in [0.1, 0.15) is 10.8 Å². The van der Waals surface area contributed by atoms with Crippen LogP contribution >= 0.6 is 11.8 Å². The fourth-order valence-corrected chi connectivity index (χ4v) is 5.25. The number of thioether (sulfide) groups is 1. The Labute approximate surface area is 206 Å². The Hall–Kier alpha value is -3.66. The van der Waals surface area contributed by atoms with Crippen LogP contribution < -0.4 is 10.6 Å². The minimum atomic E-state index is -0.498. The van der Waals surface area contributed by atoms with Crippen molar-refractivity contribution in [1.29, 1.82) is 0 Å². The number of hydrogen-bond acceptors (Lipinski definition) is 7. The zero-order valence-electron chi connectivity index (χ0n) is 19.2. The van der Waals surface area contributed by atoms with Gasteiger partial charge in [-0.25, -0.2) is 4.98 Å². The van der Waals surface area contributed by atoms with Crippen molar-refractivity contribution in [3.05, 3.63) is 53.9 Å². The first-order valence-corrected chi connectivity index (χ1v) is 12.5. The third-order valence-electron chi connectivity index (χ3n) is 5.91. The summed E-state index contributed by atoms with van der Waals surface area (Å²) in [7, 11) is 0. The fraction of sp³-hybridized carbons (Fsp3) is 0.320. The van der Waals surface area contributed by atoms with Gasteiger partial charge in [-0.05, 0) is 55.7 Å².